The maximum atomic E-state index is 9.47. The standard InChI is InChI=1S/C13H9ClOS2/c14-10-1-2-12-8(6-10)5-9(7-15)11-3-4-16-13(11)17-12/h1-6,15H,7H2. The smallest absolute Gasteiger partial charge is 0.0722 e. The van der Waals surface area contributed by atoms with Crippen molar-refractivity contribution in [2.75, 3.05) is 6.61 Å². The Balaban J connectivity index is 2.22. The van der Waals surface area contributed by atoms with Crippen molar-refractivity contribution in [1.82, 2.24) is 0 Å². The summed E-state index contributed by atoms with van der Waals surface area (Å²) >= 11 is 9.45. The summed E-state index contributed by atoms with van der Waals surface area (Å²) in [5.74, 6) is 0. The minimum Gasteiger partial charge on any atom is -0.392 e. The number of aliphatic hydroxyl groups excluding tert-OH is 1. The summed E-state index contributed by atoms with van der Waals surface area (Å²) in [7, 11) is 0. The number of aliphatic hydroxyl groups is 1. The fraction of sp³-hybridized carbons (Fsp3) is 0.0769. The topological polar surface area (TPSA) is 20.2 Å². The fourth-order valence-electron chi connectivity index (χ4n) is 1.83. The van der Waals surface area contributed by atoms with E-state index in [4.69, 9.17) is 11.6 Å². The van der Waals surface area contributed by atoms with Gasteiger partial charge in [-0.05, 0) is 46.9 Å². The molecule has 0 bridgehead atoms. The van der Waals surface area contributed by atoms with Gasteiger partial charge in [0.15, 0.2) is 0 Å². The molecule has 0 saturated heterocycles. The minimum atomic E-state index is 0.0518. The largest absolute Gasteiger partial charge is 0.392 e. The molecule has 0 spiro atoms. The third-order valence-electron chi connectivity index (χ3n) is 2.65. The summed E-state index contributed by atoms with van der Waals surface area (Å²) in [5, 5.41) is 12.3. The van der Waals surface area contributed by atoms with Gasteiger partial charge in [0, 0.05) is 15.5 Å². The third-order valence-corrected chi connectivity index (χ3v) is 5.13. The van der Waals surface area contributed by atoms with Gasteiger partial charge in [-0.15, -0.1) is 11.3 Å². The van der Waals surface area contributed by atoms with Gasteiger partial charge in [-0.1, -0.05) is 23.4 Å². The van der Waals surface area contributed by atoms with Crippen LogP contribution in [0.2, 0.25) is 5.02 Å². The van der Waals surface area contributed by atoms with Crippen LogP contribution in [0.1, 0.15) is 11.1 Å². The zero-order chi connectivity index (χ0) is 11.8. The summed E-state index contributed by atoms with van der Waals surface area (Å²) in [6.07, 6.45) is 2.02. The highest BCUT2D eigenvalue weighted by atomic mass is 35.5. The summed E-state index contributed by atoms with van der Waals surface area (Å²) in [6, 6.07) is 7.93. The molecule has 1 nitrogen and oxygen atoms in total. The number of fused-ring (bicyclic) bond motifs is 2. The average Bonchev–Trinajstić information content (AvgIpc) is 2.72. The van der Waals surface area contributed by atoms with Crippen LogP contribution in [0, 0.1) is 0 Å². The van der Waals surface area contributed by atoms with Gasteiger partial charge in [0.1, 0.15) is 0 Å². The second-order valence-electron chi connectivity index (χ2n) is 3.73. The molecule has 0 amide bonds. The normalized spacial score (nSPS) is 13.6. The average molecular weight is 281 g/mol. The molecule has 1 aromatic heterocycles. The molecule has 0 aliphatic carbocycles. The molecule has 0 unspecified atom stereocenters. The molecular formula is C13H9ClOS2. The summed E-state index contributed by atoms with van der Waals surface area (Å²) < 4.78 is 1.23. The van der Waals surface area contributed by atoms with Gasteiger partial charge in [-0.25, -0.2) is 0 Å². The van der Waals surface area contributed by atoms with Crippen molar-refractivity contribution in [2.24, 2.45) is 0 Å². The first-order valence-electron chi connectivity index (χ1n) is 5.14. The Hall–Kier alpha value is -0.740. The highest BCUT2D eigenvalue weighted by Crippen LogP contribution is 2.43. The van der Waals surface area contributed by atoms with E-state index >= 15 is 0 Å². The molecule has 2 aromatic rings. The van der Waals surface area contributed by atoms with E-state index in [2.05, 4.69) is 11.4 Å². The van der Waals surface area contributed by atoms with Gasteiger partial charge < -0.3 is 5.11 Å². The quantitative estimate of drug-likeness (QED) is 0.835. The Kier molecular flexibility index (Phi) is 3.01. The van der Waals surface area contributed by atoms with E-state index in [9.17, 15) is 5.11 Å². The fourth-order valence-corrected chi connectivity index (χ4v) is 4.18. The third kappa shape index (κ3) is 2.04. The number of hydrogen-bond donors (Lipinski definition) is 1. The van der Waals surface area contributed by atoms with Crippen LogP contribution in [0.15, 0.2) is 38.8 Å². The molecule has 4 heteroatoms. The van der Waals surface area contributed by atoms with Gasteiger partial charge in [0.05, 0.1) is 10.8 Å². The molecule has 1 N–H and O–H groups in total. The van der Waals surface area contributed by atoms with Crippen LogP contribution in [0.5, 0.6) is 0 Å². The molecule has 17 heavy (non-hydrogen) atoms. The van der Waals surface area contributed by atoms with E-state index in [-0.39, 0.29) is 6.61 Å². The Morgan fingerprint density at radius 1 is 1.24 bits per heavy atom. The van der Waals surface area contributed by atoms with Crippen LogP contribution in [-0.4, -0.2) is 11.7 Å². The number of thiophene rings is 1. The van der Waals surface area contributed by atoms with Crippen molar-refractivity contribution >= 4 is 46.3 Å². The van der Waals surface area contributed by atoms with Crippen molar-refractivity contribution in [3.8, 4) is 0 Å². The predicted octanol–water partition coefficient (Wildman–Crippen LogP) is 4.40. The Morgan fingerprint density at radius 3 is 2.94 bits per heavy atom. The molecule has 0 saturated carbocycles. The van der Waals surface area contributed by atoms with Crippen molar-refractivity contribution in [3.63, 3.8) is 0 Å². The highest BCUT2D eigenvalue weighted by Gasteiger charge is 2.16. The minimum absolute atomic E-state index is 0.0518. The summed E-state index contributed by atoms with van der Waals surface area (Å²) in [6.45, 7) is 0.0518. The molecular weight excluding hydrogens is 272 g/mol. The van der Waals surface area contributed by atoms with Crippen LogP contribution in [-0.2, 0) is 0 Å². The van der Waals surface area contributed by atoms with Crippen LogP contribution < -0.4 is 0 Å². The lowest BCUT2D eigenvalue weighted by molar-refractivity contribution is 0.350. The molecule has 3 rings (SSSR count). The number of halogens is 1. The lowest BCUT2D eigenvalue weighted by Gasteiger charge is -2.02. The van der Waals surface area contributed by atoms with Crippen LogP contribution in [0.4, 0.5) is 0 Å². The first-order chi connectivity index (χ1) is 8.28. The monoisotopic (exact) mass is 280 g/mol. The SMILES string of the molecule is OCC1=Cc2cc(Cl)ccc2Sc2sccc21. The first-order valence-corrected chi connectivity index (χ1v) is 7.22. The van der Waals surface area contributed by atoms with Gasteiger partial charge in [0.25, 0.3) is 0 Å². The Bertz CT molecular complexity index is 601. The van der Waals surface area contributed by atoms with Gasteiger partial charge in [-0.3, -0.25) is 0 Å². The molecule has 1 aromatic carbocycles. The molecule has 0 atom stereocenters. The molecule has 2 heterocycles. The van der Waals surface area contributed by atoms with Crippen LogP contribution in [0.3, 0.4) is 0 Å². The molecule has 0 fully saturated rings. The van der Waals surface area contributed by atoms with E-state index in [1.807, 2.05) is 24.3 Å². The Labute approximate surface area is 113 Å². The van der Waals surface area contributed by atoms with Gasteiger partial charge in [-0.2, -0.15) is 0 Å². The number of benzene rings is 1. The Morgan fingerprint density at radius 2 is 2.12 bits per heavy atom. The van der Waals surface area contributed by atoms with E-state index in [0.717, 1.165) is 21.7 Å². The van der Waals surface area contributed by atoms with Gasteiger partial charge in [0.2, 0.25) is 0 Å². The molecule has 86 valence electrons. The summed E-state index contributed by atoms with van der Waals surface area (Å²) in [4.78, 5) is 1.18. The maximum absolute atomic E-state index is 9.47. The van der Waals surface area contributed by atoms with E-state index < -0.39 is 0 Å². The lowest BCUT2D eigenvalue weighted by atomic mass is 10.1. The van der Waals surface area contributed by atoms with Gasteiger partial charge >= 0.3 is 0 Å². The zero-order valence-electron chi connectivity index (χ0n) is 8.81. The first kappa shape index (κ1) is 11.4. The second kappa shape index (κ2) is 4.50. The van der Waals surface area contributed by atoms with E-state index in [1.54, 1.807) is 23.1 Å². The van der Waals surface area contributed by atoms with Crippen LogP contribution >= 0.6 is 34.7 Å². The number of hydrogen-bond acceptors (Lipinski definition) is 3. The van der Waals surface area contributed by atoms with Crippen molar-refractivity contribution in [2.45, 2.75) is 9.10 Å². The van der Waals surface area contributed by atoms with E-state index in [0.29, 0.717) is 0 Å². The molecule has 0 radical (unpaired) electrons. The number of rotatable bonds is 1. The van der Waals surface area contributed by atoms with Crippen molar-refractivity contribution < 1.29 is 5.11 Å². The van der Waals surface area contributed by atoms with Crippen molar-refractivity contribution in [1.29, 1.82) is 0 Å². The lowest BCUT2D eigenvalue weighted by Crippen LogP contribution is -1.88. The summed E-state index contributed by atoms with van der Waals surface area (Å²) in [5.41, 5.74) is 3.17. The highest BCUT2D eigenvalue weighted by molar-refractivity contribution is 8.01. The predicted molar refractivity (Wildman–Crippen MR) is 74.9 cm³/mol. The zero-order valence-corrected chi connectivity index (χ0v) is 11.2. The maximum Gasteiger partial charge on any atom is 0.0722 e. The van der Waals surface area contributed by atoms with E-state index in [1.165, 1.54) is 9.10 Å². The van der Waals surface area contributed by atoms with Crippen molar-refractivity contribution in [3.05, 3.63) is 45.8 Å². The van der Waals surface area contributed by atoms with Crippen LogP contribution in [0.25, 0.3) is 11.6 Å². The molecule has 1 aliphatic heterocycles. The molecule has 1 aliphatic rings. The second-order valence-corrected chi connectivity index (χ2v) is 6.40.